The van der Waals surface area contributed by atoms with Crippen LogP contribution in [0.5, 0.6) is 0 Å². The summed E-state index contributed by atoms with van der Waals surface area (Å²) >= 11 is 0. The molecule has 1 fully saturated rings. The van der Waals surface area contributed by atoms with Gasteiger partial charge in [-0.3, -0.25) is 4.79 Å². The SMILES string of the molecule is CC(CC(=O)N1C[C@@H](CN)[C@H](c2ccccc2)C1)c1ccc(F)cc1. The zero-order chi connectivity index (χ0) is 17.8. The van der Waals surface area contributed by atoms with Crippen LogP contribution in [0, 0.1) is 11.7 Å². The molecule has 0 radical (unpaired) electrons. The number of hydrogen-bond acceptors (Lipinski definition) is 2. The first kappa shape index (κ1) is 17.6. The molecule has 1 unspecified atom stereocenters. The van der Waals surface area contributed by atoms with Crippen LogP contribution in [0.1, 0.15) is 36.3 Å². The lowest BCUT2D eigenvalue weighted by Crippen LogP contribution is -2.30. The van der Waals surface area contributed by atoms with E-state index in [1.807, 2.05) is 30.0 Å². The van der Waals surface area contributed by atoms with E-state index in [1.54, 1.807) is 12.1 Å². The minimum atomic E-state index is -0.252. The first-order valence-corrected chi connectivity index (χ1v) is 8.86. The Bertz CT molecular complexity index is 702. The van der Waals surface area contributed by atoms with Crippen molar-refractivity contribution in [1.29, 1.82) is 0 Å². The standard InChI is InChI=1S/C21H25FN2O/c1-15(16-7-9-19(22)10-8-16)11-21(25)24-13-18(12-23)20(14-24)17-5-3-2-4-6-17/h2-10,15,18,20H,11-14,23H2,1H3/t15?,18-,20+/m1/s1. The van der Waals surface area contributed by atoms with Crippen LogP contribution in [-0.2, 0) is 4.79 Å². The van der Waals surface area contributed by atoms with Gasteiger partial charge in [-0.25, -0.2) is 4.39 Å². The normalized spacial score (nSPS) is 21.3. The molecule has 132 valence electrons. The molecule has 0 spiro atoms. The molecule has 1 saturated heterocycles. The lowest BCUT2D eigenvalue weighted by molar-refractivity contribution is -0.130. The lowest BCUT2D eigenvalue weighted by atomic mass is 9.89. The van der Waals surface area contributed by atoms with Gasteiger partial charge in [-0.15, -0.1) is 0 Å². The summed E-state index contributed by atoms with van der Waals surface area (Å²) in [7, 11) is 0. The van der Waals surface area contributed by atoms with Crippen LogP contribution in [0.15, 0.2) is 54.6 Å². The minimum absolute atomic E-state index is 0.0696. The van der Waals surface area contributed by atoms with Gasteiger partial charge in [0, 0.05) is 25.4 Å². The molecule has 25 heavy (non-hydrogen) atoms. The molecule has 0 bridgehead atoms. The average Bonchev–Trinajstić information content (AvgIpc) is 3.07. The first-order valence-electron chi connectivity index (χ1n) is 8.86. The molecule has 1 heterocycles. The number of nitrogens with zero attached hydrogens (tertiary/aromatic N) is 1. The van der Waals surface area contributed by atoms with Crippen LogP contribution in [0.3, 0.4) is 0 Å². The molecular weight excluding hydrogens is 315 g/mol. The molecule has 0 aliphatic carbocycles. The Morgan fingerprint density at radius 1 is 1.16 bits per heavy atom. The molecule has 2 aromatic carbocycles. The smallest absolute Gasteiger partial charge is 0.223 e. The van der Waals surface area contributed by atoms with E-state index < -0.39 is 0 Å². The zero-order valence-electron chi connectivity index (χ0n) is 14.6. The largest absolute Gasteiger partial charge is 0.342 e. The number of carbonyl (C=O) groups excluding carboxylic acids is 1. The van der Waals surface area contributed by atoms with Gasteiger partial charge in [0.1, 0.15) is 5.82 Å². The molecule has 1 aliphatic heterocycles. The van der Waals surface area contributed by atoms with Gasteiger partial charge in [-0.2, -0.15) is 0 Å². The summed E-state index contributed by atoms with van der Waals surface area (Å²) in [5.41, 5.74) is 8.20. The molecule has 3 rings (SSSR count). The van der Waals surface area contributed by atoms with Crippen molar-refractivity contribution in [3.63, 3.8) is 0 Å². The van der Waals surface area contributed by atoms with Crippen molar-refractivity contribution in [3.8, 4) is 0 Å². The number of halogens is 1. The highest BCUT2D eigenvalue weighted by atomic mass is 19.1. The van der Waals surface area contributed by atoms with Crippen LogP contribution < -0.4 is 5.73 Å². The molecule has 0 aromatic heterocycles. The molecule has 2 aromatic rings. The third kappa shape index (κ3) is 4.07. The average molecular weight is 340 g/mol. The Balaban J connectivity index is 1.65. The van der Waals surface area contributed by atoms with E-state index >= 15 is 0 Å². The highest BCUT2D eigenvalue weighted by Crippen LogP contribution is 2.33. The Kier molecular flexibility index (Phi) is 5.49. The Hall–Kier alpha value is -2.20. The molecule has 3 nitrogen and oxygen atoms in total. The van der Waals surface area contributed by atoms with Crippen LogP contribution in [0.25, 0.3) is 0 Å². The van der Waals surface area contributed by atoms with Crippen LogP contribution in [0.2, 0.25) is 0 Å². The van der Waals surface area contributed by atoms with Gasteiger partial charge in [0.2, 0.25) is 5.91 Å². The van der Waals surface area contributed by atoms with Crippen molar-refractivity contribution >= 4 is 5.91 Å². The van der Waals surface area contributed by atoms with Gasteiger partial charge in [0.05, 0.1) is 0 Å². The predicted octanol–water partition coefficient (Wildman–Crippen LogP) is 3.52. The van der Waals surface area contributed by atoms with Gasteiger partial charge >= 0.3 is 0 Å². The van der Waals surface area contributed by atoms with E-state index in [9.17, 15) is 9.18 Å². The molecule has 1 aliphatic rings. The summed E-state index contributed by atoms with van der Waals surface area (Å²) in [5, 5.41) is 0. The van der Waals surface area contributed by atoms with E-state index in [-0.39, 0.29) is 17.6 Å². The number of carbonyl (C=O) groups is 1. The Labute approximate surface area is 148 Å². The number of hydrogen-bond donors (Lipinski definition) is 1. The van der Waals surface area contributed by atoms with Crippen LogP contribution >= 0.6 is 0 Å². The number of benzene rings is 2. The molecule has 2 N–H and O–H groups in total. The molecule has 4 heteroatoms. The number of nitrogens with two attached hydrogens (primary N) is 1. The van der Waals surface area contributed by atoms with E-state index in [1.165, 1.54) is 17.7 Å². The molecule has 3 atom stereocenters. The maximum atomic E-state index is 13.1. The quantitative estimate of drug-likeness (QED) is 0.905. The third-order valence-electron chi connectivity index (χ3n) is 5.24. The Morgan fingerprint density at radius 2 is 1.84 bits per heavy atom. The summed E-state index contributed by atoms with van der Waals surface area (Å²) in [6.07, 6.45) is 0.435. The minimum Gasteiger partial charge on any atom is -0.342 e. The van der Waals surface area contributed by atoms with E-state index in [0.717, 1.165) is 12.1 Å². The third-order valence-corrected chi connectivity index (χ3v) is 5.24. The first-order chi connectivity index (χ1) is 12.1. The van der Waals surface area contributed by atoms with Crippen molar-refractivity contribution in [2.24, 2.45) is 11.7 Å². The van der Waals surface area contributed by atoms with Gasteiger partial charge in [0.25, 0.3) is 0 Å². The summed E-state index contributed by atoms with van der Waals surface area (Å²) in [6, 6.07) is 16.7. The molecule has 0 saturated carbocycles. The van der Waals surface area contributed by atoms with Gasteiger partial charge in [-0.1, -0.05) is 49.4 Å². The highest BCUT2D eigenvalue weighted by Gasteiger charge is 2.35. The number of likely N-dealkylation sites (tertiary alicyclic amines) is 1. The highest BCUT2D eigenvalue weighted by molar-refractivity contribution is 5.77. The zero-order valence-corrected chi connectivity index (χ0v) is 14.6. The van der Waals surface area contributed by atoms with Crippen molar-refractivity contribution < 1.29 is 9.18 Å². The predicted molar refractivity (Wildman–Crippen MR) is 97.7 cm³/mol. The van der Waals surface area contributed by atoms with Crippen molar-refractivity contribution in [2.75, 3.05) is 19.6 Å². The fourth-order valence-corrected chi connectivity index (χ4v) is 3.69. The Morgan fingerprint density at radius 3 is 2.48 bits per heavy atom. The van der Waals surface area contributed by atoms with Gasteiger partial charge < -0.3 is 10.6 Å². The fraction of sp³-hybridized carbons (Fsp3) is 0.381. The summed E-state index contributed by atoms with van der Waals surface area (Å²) in [4.78, 5) is 14.7. The van der Waals surface area contributed by atoms with E-state index in [2.05, 4.69) is 12.1 Å². The maximum absolute atomic E-state index is 13.1. The molecule has 1 amide bonds. The van der Waals surface area contributed by atoms with Gasteiger partial charge in [0.15, 0.2) is 0 Å². The second-order valence-corrected chi connectivity index (χ2v) is 6.97. The topological polar surface area (TPSA) is 46.3 Å². The summed E-state index contributed by atoms with van der Waals surface area (Å²) in [5.74, 6) is 0.566. The monoisotopic (exact) mass is 340 g/mol. The van der Waals surface area contributed by atoms with Crippen molar-refractivity contribution in [3.05, 3.63) is 71.5 Å². The van der Waals surface area contributed by atoms with Crippen molar-refractivity contribution in [2.45, 2.75) is 25.2 Å². The summed E-state index contributed by atoms with van der Waals surface area (Å²) in [6.45, 7) is 4.03. The van der Waals surface area contributed by atoms with Crippen LogP contribution in [0.4, 0.5) is 4.39 Å². The van der Waals surface area contributed by atoms with Crippen molar-refractivity contribution in [1.82, 2.24) is 4.90 Å². The summed E-state index contributed by atoms with van der Waals surface area (Å²) < 4.78 is 13.1. The number of amides is 1. The second-order valence-electron chi connectivity index (χ2n) is 6.97. The van der Waals surface area contributed by atoms with E-state index in [4.69, 9.17) is 5.73 Å². The second kappa shape index (κ2) is 7.79. The number of rotatable bonds is 5. The maximum Gasteiger partial charge on any atom is 0.223 e. The lowest BCUT2D eigenvalue weighted by Gasteiger charge is -2.19. The van der Waals surface area contributed by atoms with E-state index in [0.29, 0.717) is 31.3 Å². The molecular formula is C21H25FN2O. The van der Waals surface area contributed by atoms with Gasteiger partial charge in [-0.05, 0) is 41.6 Å². The fourth-order valence-electron chi connectivity index (χ4n) is 3.69. The van der Waals surface area contributed by atoms with Crippen LogP contribution in [-0.4, -0.2) is 30.4 Å².